The van der Waals surface area contributed by atoms with Crippen molar-refractivity contribution in [1.29, 1.82) is 0 Å². The Balaban J connectivity index is 2.01. The molecule has 0 saturated carbocycles. The summed E-state index contributed by atoms with van der Waals surface area (Å²) in [6.07, 6.45) is 0.980. The van der Waals surface area contributed by atoms with Gasteiger partial charge in [-0.2, -0.15) is 0 Å². The quantitative estimate of drug-likeness (QED) is 0.887. The van der Waals surface area contributed by atoms with Crippen molar-refractivity contribution >= 4 is 27.5 Å². The predicted molar refractivity (Wildman–Crippen MR) is 85.7 cm³/mol. The van der Waals surface area contributed by atoms with Crippen molar-refractivity contribution in [3.8, 4) is 5.75 Å². The highest BCUT2D eigenvalue weighted by molar-refractivity contribution is 9.10. The molecule has 2 aromatic carbocycles. The molecule has 0 aromatic heterocycles. The summed E-state index contributed by atoms with van der Waals surface area (Å²) in [6.45, 7) is 0.780. The molecule has 3 rings (SSSR count). The average Bonchev–Trinajstić information content (AvgIpc) is 2.89. The average molecular weight is 353 g/mol. The molecule has 0 fully saturated rings. The highest BCUT2D eigenvalue weighted by Crippen LogP contribution is 2.33. The van der Waals surface area contributed by atoms with Crippen LogP contribution in [-0.4, -0.2) is 13.7 Å². The third-order valence-electron chi connectivity index (χ3n) is 3.61. The topological polar surface area (TPSA) is 21.3 Å². The minimum absolute atomic E-state index is 0.0847. The Morgan fingerprint density at radius 2 is 2.10 bits per heavy atom. The molecule has 1 heterocycles. The van der Waals surface area contributed by atoms with Gasteiger partial charge in [0.2, 0.25) is 0 Å². The van der Waals surface area contributed by atoms with Crippen LogP contribution in [0.4, 0.5) is 0 Å². The zero-order valence-electron chi connectivity index (χ0n) is 11.1. The third-order valence-corrected chi connectivity index (χ3v) is 4.43. The summed E-state index contributed by atoms with van der Waals surface area (Å²) in [5, 5.41) is 4.11. The van der Waals surface area contributed by atoms with Crippen LogP contribution in [0.3, 0.4) is 0 Å². The molecule has 20 heavy (non-hydrogen) atoms. The molecular formula is C16H15BrClNO. The number of hydrogen-bond acceptors (Lipinski definition) is 2. The summed E-state index contributed by atoms with van der Waals surface area (Å²) in [7, 11) is 1.95. The minimum atomic E-state index is 0.0847. The fourth-order valence-corrected chi connectivity index (χ4v) is 3.41. The Kier molecular flexibility index (Phi) is 4.01. The third kappa shape index (κ3) is 2.58. The zero-order valence-corrected chi connectivity index (χ0v) is 13.5. The van der Waals surface area contributed by atoms with E-state index in [1.807, 2.05) is 19.2 Å². The van der Waals surface area contributed by atoms with Gasteiger partial charge >= 0.3 is 0 Å². The summed E-state index contributed by atoms with van der Waals surface area (Å²) < 4.78 is 6.55. The first kappa shape index (κ1) is 13.9. The van der Waals surface area contributed by atoms with E-state index in [2.05, 4.69) is 45.5 Å². The van der Waals surface area contributed by atoms with Crippen LogP contribution in [0, 0.1) is 0 Å². The largest absolute Gasteiger partial charge is 0.493 e. The van der Waals surface area contributed by atoms with Gasteiger partial charge in [0, 0.05) is 15.9 Å². The maximum atomic E-state index is 6.38. The number of rotatable bonds is 3. The predicted octanol–water partition coefficient (Wildman–Crippen LogP) is 4.35. The van der Waals surface area contributed by atoms with Gasteiger partial charge in [-0.25, -0.2) is 0 Å². The van der Waals surface area contributed by atoms with Gasteiger partial charge in [-0.05, 0) is 41.9 Å². The molecule has 0 bridgehead atoms. The number of benzene rings is 2. The zero-order chi connectivity index (χ0) is 14.1. The van der Waals surface area contributed by atoms with Crippen LogP contribution < -0.4 is 10.1 Å². The molecule has 0 spiro atoms. The molecule has 0 amide bonds. The van der Waals surface area contributed by atoms with Crippen molar-refractivity contribution in [2.24, 2.45) is 0 Å². The highest BCUT2D eigenvalue weighted by atomic mass is 79.9. The standard InChI is InChI=1S/C16H15BrClNO/c1-19-16(13-4-3-12(17)9-14(13)18)11-2-5-15-10(8-11)6-7-20-15/h2-5,8-9,16,19H,6-7H2,1H3. The summed E-state index contributed by atoms with van der Waals surface area (Å²) in [5.74, 6) is 1.01. The summed E-state index contributed by atoms with van der Waals surface area (Å²) in [6, 6.07) is 12.4. The van der Waals surface area contributed by atoms with Gasteiger partial charge < -0.3 is 10.1 Å². The normalized spacial score (nSPS) is 14.8. The number of nitrogens with one attached hydrogen (secondary N) is 1. The van der Waals surface area contributed by atoms with Gasteiger partial charge in [-0.1, -0.05) is 45.7 Å². The fourth-order valence-electron chi connectivity index (χ4n) is 2.62. The second kappa shape index (κ2) is 5.76. The van der Waals surface area contributed by atoms with Crippen molar-refractivity contribution in [3.05, 3.63) is 62.6 Å². The SMILES string of the molecule is CNC(c1ccc2c(c1)CCO2)c1ccc(Br)cc1Cl. The first-order valence-corrected chi connectivity index (χ1v) is 7.74. The summed E-state index contributed by atoms with van der Waals surface area (Å²) in [5.41, 5.74) is 3.56. The van der Waals surface area contributed by atoms with Gasteiger partial charge in [0.1, 0.15) is 5.75 Å². The van der Waals surface area contributed by atoms with E-state index in [1.54, 1.807) is 0 Å². The van der Waals surface area contributed by atoms with E-state index in [-0.39, 0.29) is 6.04 Å². The summed E-state index contributed by atoms with van der Waals surface area (Å²) in [4.78, 5) is 0. The maximum absolute atomic E-state index is 6.38. The molecule has 1 atom stereocenters. The number of hydrogen-bond donors (Lipinski definition) is 1. The Morgan fingerprint density at radius 1 is 1.25 bits per heavy atom. The number of ether oxygens (including phenoxy) is 1. The lowest BCUT2D eigenvalue weighted by molar-refractivity contribution is 0.357. The molecule has 1 N–H and O–H groups in total. The molecule has 2 aromatic rings. The Labute approximate surface area is 132 Å². The summed E-state index contributed by atoms with van der Waals surface area (Å²) >= 11 is 9.82. The van der Waals surface area contributed by atoms with Crippen LogP contribution in [-0.2, 0) is 6.42 Å². The lowest BCUT2D eigenvalue weighted by Gasteiger charge is -2.19. The van der Waals surface area contributed by atoms with Crippen molar-refractivity contribution < 1.29 is 4.74 Å². The number of halogens is 2. The molecular weight excluding hydrogens is 338 g/mol. The first-order chi connectivity index (χ1) is 9.69. The smallest absolute Gasteiger partial charge is 0.122 e. The fraction of sp³-hybridized carbons (Fsp3) is 0.250. The molecule has 1 unspecified atom stereocenters. The monoisotopic (exact) mass is 351 g/mol. The Morgan fingerprint density at radius 3 is 2.85 bits per heavy atom. The second-order valence-electron chi connectivity index (χ2n) is 4.85. The van der Waals surface area contributed by atoms with Crippen LogP contribution in [0.15, 0.2) is 40.9 Å². The van der Waals surface area contributed by atoms with E-state index in [9.17, 15) is 0 Å². The van der Waals surface area contributed by atoms with E-state index in [0.29, 0.717) is 0 Å². The molecule has 1 aliphatic rings. The van der Waals surface area contributed by atoms with E-state index >= 15 is 0 Å². The van der Waals surface area contributed by atoms with Crippen molar-refractivity contribution in [3.63, 3.8) is 0 Å². The van der Waals surface area contributed by atoms with Crippen LogP contribution in [0.5, 0.6) is 5.75 Å². The van der Waals surface area contributed by atoms with Crippen LogP contribution in [0.1, 0.15) is 22.7 Å². The van der Waals surface area contributed by atoms with Crippen molar-refractivity contribution in [2.45, 2.75) is 12.5 Å². The van der Waals surface area contributed by atoms with E-state index < -0.39 is 0 Å². The van der Waals surface area contributed by atoms with Gasteiger partial charge in [0.25, 0.3) is 0 Å². The second-order valence-corrected chi connectivity index (χ2v) is 6.18. The van der Waals surface area contributed by atoms with Gasteiger partial charge in [-0.15, -0.1) is 0 Å². The van der Waals surface area contributed by atoms with E-state index in [0.717, 1.165) is 33.8 Å². The molecule has 104 valence electrons. The molecule has 2 nitrogen and oxygen atoms in total. The van der Waals surface area contributed by atoms with Crippen molar-refractivity contribution in [2.75, 3.05) is 13.7 Å². The van der Waals surface area contributed by atoms with E-state index in [4.69, 9.17) is 16.3 Å². The van der Waals surface area contributed by atoms with Crippen LogP contribution >= 0.6 is 27.5 Å². The highest BCUT2D eigenvalue weighted by Gasteiger charge is 2.19. The van der Waals surface area contributed by atoms with Gasteiger partial charge in [0.15, 0.2) is 0 Å². The molecule has 1 aliphatic heterocycles. The van der Waals surface area contributed by atoms with E-state index in [1.165, 1.54) is 11.1 Å². The lowest BCUT2D eigenvalue weighted by atomic mass is 9.96. The Hall–Kier alpha value is -1.03. The molecule has 4 heteroatoms. The molecule has 0 saturated heterocycles. The Bertz CT molecular complexity index is 644. The van der Waals surface area contributed by atoms with Gasteiger partial charge in [0.05, 0.1) is 12.6 Å². The maximum Gasteiger partial charge on any atom is 0.122 e. The van der Waals surface area contributed by atoms with Crippen LogP contribution in [0.25, 0.3) is 0 Å². The minimum Gasteiger partial charge on any atom is -0.493 e. The first-order valence-electron chi connectivity index (χ1n) is 6.57. The van der Waals surface area contributed by atoms with Crippen LogP contribution in [0.2, 0.25) is 5.02 Å². The molecule has 0 radical (unpaired) electrons. The molecule has 0 aliphatic carbocycles. The lowest BCUT2D eigenvalue weighted by Crippen LogP contribution is -2.18. The van der Waals surface area contributed by atoms with Crippen molar-refractivity contribution in [1.82, 2.24) is 5.32 Å². The number of fused-ring (bicyclic) bond motifs is 1. The van der Waals surface area contributed by atoms with Gasteiger partial charge in [-0.3, -0.25) is 0 Å².